The highest BCUT2D eigenvalue weighted by Gasteiger charge is 2.14. The molecule has 1 N–H and O–H groups in total. The summed E-state index contributed by atoms with van der Waals surface area (Å²) in [6, 6.07) is 1.73. The monoisotopic (exact) mass is 255 g/mol. The van der Waals surface area contributed by atoms with Gasteiger partial charge in [0.15, 0.2) is 0 Å². The summed E-state index contributed by atoms with van der Waals surface area (Å²) in [5, 5.41) is 10.6. The number of nitrogens with zero attached hydrogens (tertiary/aromatic N) is 2. The van der Waals surface area contributed by atoms with Crippen molar-refractivity contribution in [2.75, 3.05) is 6.54 Å². The Balaban J connectivity index is 2.67. The summed E-state index contributed by atoms with van der Waals surface area (Å²) in [6.07, 6.45) is 0. The average Bonchev–Trinajstić information content (AvgIpc) is 2.28. The Labute approximate surface area is 107 Å². The quantitative estimate of drug-likeness (QED) is 0.839. The lowest BCUT2D eigenvalue weighted by Gasteiger charge is -2.14. The molecule has 1 atom stereocenters. The van der Waals surface area contributed by atoms with Crippen LogP contribution in [-0.4, -0.2) is 28.0 Å². The highest BCUT2D eigenvalue weighted by molar-refractivity contribution is 6.21. The minimum Gasteiger partial charge on any atom is -0.350 e. The van der Waals surface area contributed by atoms with Crippen LogP contribution in [0.15, 0.2) is 6.07 Å². The first kappa shape index (κ1) is 13.9. The van der Waals surface area contributed by atoms with Crippen molar-refractivity contribution in [3.05, 3.63) is 23.0 Å². The number of halogens is 1. The third-order valence-electron chi connectivity index (χ3n) is 2.53. The minimum absolute atomic E-state index is 0.0600. The van der Waals surface area contributed by atoms with E-state index in [2.05, 4.69) is 15.5 Å². The van der Waals surface area contributed by atoms with Crippen LogP contribution < -0.4 is 5.32 Å². The van der Waals surface area contributed by atoms with Crippen LogP contribution in [-0.2, 0) is 0 Å². The fourth-order valence-corrected chi connectivity index (χ4v) is 1.38. The van der Waals surface area contributed by atoms with Crippen molar-refractivity contribution in [2.24, 2.45) is 5.92 Å². The molecule has 17 heavy (non-hydrogen) atoms. The molecule has 1 rings (SSSR count). The van der Waals surface area contributed by atoms with Gasteiger partial charge in [-0.3, -0.25) is 4.79 Å². The molecule has 0 fully saturated rings. The molecule has 0 aliphatic heterocycles. The summed E-state index contributed by atoms with van der Waals surface area (Å²) in [5.74, 6) is 0.183. The molecule has 1 unspecified atom stereocenters. The largest absolute Gasteiger partial charge is 0.350 e. The first-order chi connectivity index (χ1) is 7.91. The number of amides is 1. The number of nitrogens with one attached hydrogen (secondary N) is 1. The highest BCUT2D eigenvalue weighted by atomic mass is 35.5. The zero-order valence-corrected chi connectivity index (χ0v) is 11.4. The van der Waals surface area contributed by atoms with Gasteiger partial charge in [-0.1, -0.05) is 13.8 Å². The van der Waals surface area contributed by atoms with Crippen LogP contribution in [0.3, 0.4) is 0 Å². The standard InChI is InChI=1S/C12H18ClN3O/c1-7(2)11(13)6-14-12(17)10-5-8(3)15-16-9(10)4/h5,7,11H,6H2,1-4H3,(H,14,17). The first-order valence-corrected chi connectivity index (χ1v) is 6.08. The van der Waals surface area contributed by atoms with E-state index in [9.17, 15) is 4.79 Å². The summed E-state index contributed by atoms with van der Waals surface area (Å²) in [6.45, 7) is 8.07. The second-order valence-corrected chi connectivity index (χ2v) is 5.02. The Morgan fingerprint density at radius 2 is 2.06 bits per heavy atom. The van der Waals surface area contributed by atoms with Gasteiger partial charge >= 0.3 is 0 Å². The second-order valence-electron chi connectivity index (χ2n) is 4.45. The number of aryl methyl sites for hydroxylation is 2. The molecule has 94 valence electrons. The average molecular weight is 256 g/mol. The van der Waals surface area contributed by atoms with E-state index in [0.29, 0.717) is 23.7 Å². The van der Waals surface area contributed by atoms with Crippen molar-refractivity contribution < 1.29 is 4.79 Å². The van der Waals surface area contributed by atoms with E-state index >= 15 is 0 Å². The fraction of sp³-hybridized carbons (Fsp3) is 0.583. The van der Waals surface area contributed by atoms with E-state index in [1.54, 1.807) is 13.0 Å². The van der Waals surface area contributed by atoms with Crippen LogP contribution in [0.4, 0.5) is 0 Å². The molecule has 0 aromatic carbocycles. The van der Waals surface area contributed by atoms with Crippen LogP contribution >= 0.6 is 11.6 Å². The molecule has 1 aromatic rings. The smallest absolute Gasteiger partial charge is 0.253 e. The Morgan fingerprint density at radius 3 is 2.65 bits per heavy atom. The predicted octanol–water partition coefficient (Wildman–Crippen LogP) is 2.09. The van der Waals surface area contributed by atoms with Crippen molar-refractivity contribution >= 4 is 17.5 Å². The van der Waals surface area contributed by atoms with Gasteiger partial charge in [0.1, 0.15) is 0 Å². The summed E-state index contributed by atoms with van der Waals surface area (Å²) in [4.78, 5) is 11.9. The van der Waals surface area contributed by atoms with Crippen molar-refractivity contribution in [1.82, 2.24) is 15.5 Å². The second kappa shape index (κ2) is 5.96. The molecule has 1 aromatic heterocycles. The molecule has 0 saturated carbocycles. The fourth-order valence-electron chi connectivity index (χ4n) is 1.30. The molecule has 0 radical (unpaired) electrons. The Kier molecular flexibility index (Phi) is 4.87. The van der Waals surface area contributed by atoms with Crippen molar-refractivity contribution in [3.8, 4) is 0 Å². The van der Waals surface area contributed by atoms with Gasteiger partial charge in [-0.25, -0.2) is 0 Å². The molecular formula is C12H18ClN3O. The summed E-state index contributed by atoms with van der Waals surface area (Å²) in [5.41, 5.74) is 1.92. The zero-order chi connectivity index (χ0) is 13.0. The molecule has 1 heterocycles. The third-order valence-corrected chi connectivity index (χ3v) is 3.18. The molecule has 0 aliphatic rings. The van der Waals surface area contributed by atoms with Gasteiger partial charge in [0, 0.05) is 6.54 Å². The Morgan fingerprint density at radius 1 is 1.41 bits per heavy atom. The van der Waals surface area contributed by atoms with Crippen molar-refractivity contribution in [3.63, 3.8) is 0 Å². The maximum absolute atomic E-state index is 11.9. The van der Waals surface area contributed by atoms with Gasteiger partial charge < -0.3 is 5.32 Å². The maximum Gasteiger partial charge on any atom is 0.253 e. The van der Waals surface area contributed by atoms with E-state index < -0.39 is 0 Å². The lowest BCUT2D eigenvalue weighted by Crippen LogP contribution is -2.32. The number of rotatable bonds is 4. The minimum atomic E-state index is -0.146. The van der Waals surface area contributed by atoms with E-state index in [0.717, 1.165) is 5.69 Å². The summed E-state index contributed by atoms with van der Waals surface area (Å²) in [7, 11) is 0. The van der Waals surface area contributed by atoms with Gasteiger partial charge in [-0.2, -0.15) is 10.2 Å². The number of carbonyl (C=O) groups excluding carboxylic acids is 1. The molecular weight excluding hydrogens is 238 g/mol. The molecule has 0 bridgehead atoms. The Hall–Kier alpha value is -1.16. The summed E-state index contributed by atoms with van der Waals surface area (Å²) < 4.78 is 0. The molecule has 4 nitrogen and oxygen atoms in total. The van der Waals surface area contributed by atoms with Crippen molar-refractivity contribution in [1.29, 1.82) is 0 Å². The number of hydrogen-bond donors (Lipinski definition) is 1. The SMILES string of the molecule is Cc1cc(C(=O)NCC(Cl)C(C)C)c(C)nn1. The number of alkyl halides is 1. The van der Waals surface area contributed by atoms with Gasteiger partial charge in [0.2, 0.25) is 0 Å². The maximum atomic E-state index is 11.9. The lowest BCUT2D eigenvalue weighted by atomic mass is 10.1. The molecule has 5 heteroatoms. The summed E-state index contributed by atoms with van der Waals surface area (Å²) >= 11 is 6.08. The molecule has 0 aliphatic carbocycles. The zero-order valence-electron chi connectivity index (χ0n) is 10.6. The van der Waals surface area contributed by atoms with E-state index in [-0.39, 0.29) is 11.3 Å². The molecule has 0 saturated heterocycles. The van der Waals surface area contributed by atoms with Crippen LogP contribution in [0.2, 0.25) is 0 Å². The number of hydrogen-bond acceptors (Lipinski definition) is 3. The highest BCUT2D eigenvalue weighted by Crippen LogP contribution is 2.09. The molecule has 0 spiro atoms. The van der Waals surface area contributed by atoms with Gasteiger partial charge in [0.25, 0.3) is 5.91 Å². The van der Waals surface area contributed by atoms with E-state index in [4.69, 9.17) is 11.6 Å². The van der Waals surface area contributed by atoms with E-state index in [1.807, 2.05) is 20.8 Å². The lowest BCUT2D eigenvalue weighted by molar-refractivity contribution is 0.0951. The van der Waals surface area contributed by atoms with Crippen LogP contribution in [0, 0.1) is 19.8 Å². The van der Waals surface area contributed by atoms with Crippen molar-refractivity contribution in [2.45, 2.75) is 33.1 Å². The number of aromatic nitrogens is 2. The van der Waals surface area contributed by atoms with Crippen LogP contribution in [0.5, 0.6) is 0 Å². The van der Waals surface area contributed by atoms with Gasteiger partial charge in [-0.05, 0) is 25.8 Å². The van der Waals surface area contributed by atoms with Crippen LogP contribution in [0.1, 0.15) is 35.6 Å². The van der Waals surface area contributed by atoms with E-state index in [1.165, 1.54) is 0 Å². The Bertz CT molecular complexity index is 407. The topological polar surface area (TPSA) is 54.9 Å². The third kappa shape index (κ3) is 3.97. The van der Waals surface area contributed by atoms with Gasteiger partial charge in [0.05, 0.1) is 22.3 Å². The number of carbonyl (C=O) groups is 1. The first-order valence-electron chi connectivity index (χ1n) is 5.65. The predicted molar refractivity (Wildman–Crippen MR) is 68.3 cm³/mol. The van der Waals surface area contributed by atoms with Crippen LogP contribution in [0.25, 0.3) is 0 Å². The molecule has 1 amide bonds. The van der Waals surface area contributed by atoms with Gasteiger partial charge in [-0.15, -0.1) is 11.6 Å². The normalized spacial score (nSPS) is 12.6.